The van der Waals surface area contributed by atoms with Crippen LogP contribution in [0.25, 0.3) is 0 Å². The Kier molecular flexibility index (Phi) is 39.9. The molecule has 0 bridgehead atoms. The van der Waals surface area contributed by atoms with Gasteiger partial charge < -0.3 is 22.3 Å². The fraction of sp³-hybridized carbons (Fsp3) is 0.125. The van der Waals surface area contributed by atoms with E-state index in [1.807, 2.05) is 0 Å². The van der Waals surface area contributed by atoms with E-state index < -0.39 is 0 Å². The van der Waals surface area contributed by atoms with Gasteiger partial charge in [0.25, 0.3) is 0 Å². The summed E-state index contributed by atoms with van der Waals surface area (Å²) < 4.78 is 0. The quantitative estimate of drug-likeness (QED) is 0.530. The zero-order valence-corrected chi connectivity index (χ0v) is 8.97. The van der Waals surface area contributed by atoms with Gasteiger partial charge in [0, 0.05) is 0 Å². The van der Waals surface area contributed by atoms with Gasteiger partial charge in [-0.15, -0.1) is 0 Å². The largest absolute Gasteiger partial charge is 3.00 e. The molecule has 9 heavy (non-hydrogen) atoms. The van der Waals surface area contributed by atoms with Crippen LogP contribution in [0.3, 0.4) is 0 Å². The molecule has 0 unspecified atom stereocenters. The van der Waals surface area contributed by atoms with Crippen LogP contribution in [0, 0.1) is 22.3 Å². The Bertz CT molecular complexity index is 62.6. The molecule has 1 aliphatic carbocycles. The van der Waals surface area contributed by atoms with Crippen molar-refractivity contribution in [3.63, 3.8) is 0 Å². The van der Waals surface area contributed by atoms with Crippen molar-refractivity contribution >= 4 is 0 Å². The fourth-order valence-corrected chi connectivity index (χ4v) is 0.393. The Hall–Kier alpha value is 0.363. The van der Waals surface area contributed by atoms with Gasteiger partial charge in [-0.3, -0.25) is 0 Å². The monoisotopic (exact) mass is 201 g/mol. The molecular formula is C8H15Zr. The first kappa shape index (κ1) is 22.8. The second-order valence-electron chi connectivity index (χ2n) is 1.09. The summed E-state index contributed by atoms with van der Waals surface area (Å²) in [7, 11) is 0. The topological polar surface area (TPSA) is 0 Å². The summed E-state index contributed by atoms with van der Waals surface area (Å²) in [5.41, 5.74) is 0. The molecule has 0 aromatic rings. The third-order valence-corrected chi connectivity index (χ3v) is 0.655. The molecule has 0 N–H and O–H groups in total. The van der Waals surface area contributed by atoms with E-state index in [-0.39, 0.29) is 48.5 Å². The second kappa shape index (κ2) is 15.8. The molecule has 0 fully saturated rings. The van der Waals surface area contributed by atoms with Gasteiger partial charge in [-0.05, 0) is 6.42 Å². The van der Waals surface area contributed by atoms with Crippen molar-refractivity contribution in [2.45, 2.75) is 6.42 Å². The van der Waals surface area contributed by atoms with Crippen LogP contribution in [0.2, 0.25) is 0 Å². The van der Waals surface area contributed by atoms with Gasteiger partial charge in [0.2, 0.25) is 0 Å². The molecule has 0 saturated heterocycles. The summed E-state index contributed by atoms with van der Waals surface area (Å²) in [6.45, 7) is 0. The molecule has 1 heteroatoms. The number of allylic oxidation sites excluding steroid dienone is 4. The molecule has 0 heterocycles. The summed E-state index contributed by atoms with van der Waals surface area (Å²) >= 11 is 0. The van der Waals surface area contributed by atoms with Crippen LogP contribution < -0.4 is 0 Å². The maximum Gasteiger partial charge on any atom is 3.00 e. The Morgan fingerprint density at radius 1 is 0.778 bits per heavy atom. The van der Waals surface area contributed by atoms with Gasteiger partial charge in [0.05, 0.1) is 0 Å². The molecule has 0 aromatic heterocycles. The summed E-state index contributed by atoms with van der Waals surface area (Å²) in [6.07, 6.45) is 9.50. The molecule has 0 spiro atoms. The van der Waals surface area contributed by atoms with E-state index in [1.54, 1.807) is 0 Å². The van der Waals surface area contributed by atoms with E-state index in [0.717, 1.165) is 6.42 Å². The van der Waals surface area contributed by atoms with Crippen LogP contribution in [0.15, 0.2) is 24.3 Å². The predicted octanol–water partition coefficient (Wildman–Crippen LogP) is 2.85. The Morgan fingerprint density at radius 2 is 1.11 bits per heavy atom. The van der Waals surface area contributed by atoms with Crippen molar-refractivity contribution < 1.29 is 26.2 Å². The number of hydrogen-bond donors (Lipinski definition) is 0. The number of hydrogen-bond acceptors (Lipinski definition) is 0. The minimum atomic E-state index is 0. The third-order valence-electron chi connectivity index (χ3n) is 0.655. The van der Waals surface area contributed by atoms with E-state index in [2.05, 4.69) is 24.3 Å². The van der Waals surface area contributed by atoms with E-state index in [4.69, 9.17) is 0 Å². The molecule has 0 amide bonds. The first-order valence-corrected chi connectivity index (χ1v) is 1.82. The van der Waals surface area contributed by atoms with E-state index in [0.29, 0.717) is 0 Å². The molecule has 0 aliphatic heterocycles. The standard InChI is InChI=1S/C5H6.3CH3.Zr/c1-2-4-5-3-1;;;;/h1-4H,5H2;3*1H3;/q;3*-1;+3. The van der Waals surface area contributed by atoms with Crippen LogP contribution in [0.5, 0.6) is 0 Å². The van der Waals surface area contributed by atoms with Crippen molar-refractivity contribution in [3.8, 4) is 0 Å². The predicted molar refractivity (Wildman–Crippen MR) is 42.1 cm³/mol. The van der Waals surface area contributed by atoms with Crippen molar-refractivity contribution in [3.05, 3.63) is 46.6 Å². The number of rotatable bonds is 0. The van der Waals surface area contributed by atoms with E-state index in [1.165, 1.54) is 0 Å². The molecule has 0 atom stereocenters. The summed E-state index contributed by atoms with van der Waals surface area (Å²) in [4.78, 5) is 0. The Morgan fingerprint density at radius 3 is 1.22 bits per heavy atom. The third kappa shape index (κ3) is 11.8. The van der Waals surface area contributed by atoms with Crippen LogP contribution in [0.4, 0.5) is 0 Å². The van der Waals surface area contributed by atoms with Gasteiger partial charge in [-0.2, -0.15) is 0 Å². The van der Waals surface area contributed by atoms with E-state index in [9.17, 15) is 0 Å². The first-order chi connectivity index (χ1) is 2.50. The average Bonchev–Trinajstić information content (AvgIpc) is 1.76. The Balaban J connectivity index is -0.0000000312. The molecule has 0 saturated carbocycles. The molecule has 1 radical (unpaired) electrons. The van der Waals surface area contributed by atoms with Crippen LogP contribution >= 0.6 is 0 Å². The minimum Gasteiger partial charge on any atom is -0.358 e. The van der Waals surface area contributed by atoms with Crippen molar-refractivity contribution in [2.75, 3.05) is 0 Å². The fourth-order valence-electron chi connectivity index (χ4n) is 0.393. The van der Waals surface area contributed by atoms with E-state index >= 15 is 0 Å². The Labute approximate surface area is 79.2 Å². The molecule has 0 aromatic carbocycles. The van der Waals surface area contributed by atoms with Gasteiger partial charge in [0.1, 0.15) is 0 Å². The smallest absolute Gasteiger partial charge is 0.358 e. The first-order valence-electron chi connectivity index (χ1n) is 1.82. The summed E-state index contributed by atoms with van der Waals surface area (Å²) in [5, 5.41) is 0. The van der Waals surface area contributed by atoms with Crippen LogP contribution in [0.1, 0.15) is 6.42 Å². The van der Waals surface area contributed by atoms with Gasteiger partial charge in [-0.1, -0.05) is 24.3 Å². The molecule has 51 valence electrons. The van der Waals surface area contributed by atoms with Crippen molar-refractivity contribution in [1.82, 2.24) is 0 Å². The van der Waals surface area contributed by atoms with Gasteiger partial charge in [0.15, 0.2) is 0 Å². The van der Waals surface area contributed by atoms with Crippen molar-refractivity contribution in [2.24, 2.45) is 0 Å². The maximum absolute atomic E-state index is 2.12. The minimum absolute atomic E-state index is 0. The summed E-state index contributed by atoms with van der Waals surface area (Å²) in [6, 6.07) is 0. The van der Waals surface area contributed by atoms with Crippen LogP contribution in [-0.2, 0) is 26.2 Å². The zero-order chi connectivity index (χ0) is 3.54. The molecular weight excluding hydrogens is 187 g/mol. The van der Waals surface area contributed by atoms with Gasteiger partial charge in [-0.25, -0.2) is 0 Å². The summed E-state index contributed by atoms with van der Waals surface area (Å²) in [5.74, 6) is 0. The van der Waals surface area contributed by atoms with Crippen LogP contribution in [-0.4, -0.2) is 0 Å². The molecule has 1 rings (SSSR count). The zero-order valence-electron chi connectivity index (χ0n) is 6.52. The SMILES string of the molecule is C1=CCC=C1.[CH3-].[CH3-].[CH3-].[Zr+3]. The molecule has 0 nitrogen and oxygen atoms in total. The second-order valence-corrected chi connectivity index (χ2v) is 1.09. The normalized spacial score (nSPS) is 9.78. The average molecular weight is 202 g/mol. The van der Waals surface area contributed by atoms with Gasteiger partial charge >= 0.3 is 26.2 Å². The van der Waals surface area contributed by atoms with Crippen molar-refractivity contribution in [1.29, 1.82) is 0 Å². The maximum atomic E-state index is 2.12. The molecule has 1 aliphatic rings.